The van der Waals surface area contributed by atoms with E-state index < -0.39 is 0 Å². The molecule has 0 N–H and O–H groups in total. The molecule has 0 spiro atoms. The summed E-state index contributed by atoms with van der Waals surface area (Å²) in [5.41, 5.74) is 0. The molecule has 1 amide bonds. The van der Waals surface area contributed by atoms with Crippen molar-refractivity contribution >= 4 is 5.91 Å². The number of amides is 1. The van der Waals surface area contributed by atoms with E-state index in [-0.39, 0.29) is 17.7 Å². The second-order valence-corrected chi connectivity index (χ2v) is 6.37. The fraction of sp³-hybridized carbons (Fsp3) is 0.625. The first-order valence-electron chi connectivity index (χ1n) is 8.20. The highest BCUT2D eigenvalue weighted by molar-refractivity contribution is 5.76. The van der Waals surface area contributed by atoms with Crippen molar-refractivity contribution in [3.63, 3.8) is 0 Å². The van der Waals surface area contributed by atoms with Crippen LogP contribution in [0.2, 0.25) is 0 Å². The van der Waals surface area contributed by atoms with Gasteiger partial charge in [-0.25, -0.2) is 4.98 Å². The van der Waals surface area contributed by atoms with Crippen molar-refractivity contribution in [2.24, 2.45) is 0 Å². The molecule has 2 aromatic rings. The Bertz CT molecular complexity index is 635. The van der Waals surface area contributed by atoms with E-state index in [2.05, 4.69) is 15.1 Å². The molecule has 0 aliphatic carbocycles. The number of piperidine rings is 1. The van der Waals surface area contributed by atoms with Crippen LogP contribution < -0.4 is 0 Å². The van der Waals surface area contributed by atoms with Crippen LogP contribution in [0.1, 0.15) is 56.7 Å². The lowest BCUT2D eigenvalue weighted by molar-refractivity contribution is -0.132. The van der Waals surface area contributed by atoms with Gasteiger partial charge in [0.1, 0.15) is 0 Å². The van der Waals surface area contributed by atoms with Crippen molar-refractivity contribution < 1.29 is 9.32 Å². The van der Waals surface area contributed by atoms with Crippen LogP contribution in [0.25, 0.3) is 0 Å². The SMILES string of the molecule is CC(C)c1nc([C@H]2CCCN(C(=O)CCn3ccnc3)C2)no1. The Morgan fingerprint density at radius 3 is 3.04 bits per heavy atom. The van der Waals surface area contributed by atoms with Gasteiger partial charge in [0, 0.05) is 50.3 Å². The second kappa shape index (κ2) is 6.93. The van der Waals surface area contributed by atoms with Crippen molar-refractivity contribution in [2.75, 3.05) is 13.1 Å². The Balaban J connectivity index is 1.57. The molecule has 7 heteroatoms. The van der Waals surface area contributed by atoms with Gasteiger partial charge in [0.15, 0.2) is 5.82 Å². The smallest absolute Gasteiger partial charge is 0.229 e. The molecule has 1 atom stereocenters. The lowest BCUT2D eigenvalue weighted by atomic mass is 9.97. The maximum Gasteiger partial charge on any atom is 0.229 e. The standard InChI is InChI=1S/C16H23N5O2/c1-12(2)16-18-15(19-23-16)13-4-3-7-21(10-13)14(22)5-8-20-9-6-17-11-20/h6,9,11-13H,3-5,7-8,10H2,1-2H3/t13-/m0/s1. The van der Waals surface area contributed by atoms with Gasteiger partial charge in [-0.05, 0) is 12.8 Å². The minimum absolute atomic E-state index is 0.177. The van der Waals surface area contributed by atoms with Crippen LogP contribution in [-0.2, 0) is 11.3 Å². The third kappa shape index (κ3) is 3.78. The largest absolute Gasteiger partial charge is 0.342 e. The van der Waals surface area contributed by atoms with E-state index in [0.29, 0.717) is 25.4 Å². The summed E-state index contributed by atoms with van der Waals surface area (Å²) in [5, 5.41) is 4.11. The van der Waals surface area contributed by atoms with Gasteiger partial charge in [-0.15, -0.1) is 0 Å². The van der Waals surface area contributed by atoms with Crippen molar-refractivity contribution in [3.8, 4) is 0 Å². The molecule has 1 fully saturated rings. The number of hydrogen-bond donors (Lipinski definition) is 0. The van der Waals surface area contributed by atoms with Gasteiger partial charge < -0.3 is 14.0 Å². The molecule has 3 rings (SSSR count). The predicted molar refractivity (Wildman–Crippen MR) is 83.8 cm³/mol. The molecular formula is C16H23N5O2. The zero-order valence-electron chi connectivity index (χ0n) is 13.7. The van der Waals surface area contributed by atoms with Gasteiger partial charge in [0.25, 0.3) is 0 Å². The summed E-state index contributed by atoms with van der Waals surface area (Å²) < 4.78 is 7.22. The van der Waals surface area contributed by atoms with Gasteiger partial charge in [-0.1, -0.05) is 19.0 Å². The molecule has 1 saturated heterocycles. The maximum absolute atomic E-state index is 12.4. The van der Waals surface area contributed by atoms with E-state index in [1.54, 1.807) is 12.5 Å². The van der Waals surface area contributed by atoms with E-state index in [9.17, 15) is 4.79 Å². The number of likely N-dealkylation sites (tertiary alicyclic amines) is 1. The number of aryl methyl sites for hydroxylation is 1. The normalized spacial score (nSPS) is 18.6. The molecular weight excluding hydrogens is 294 g/mol. The highest BCUT2D eigenvalue weighted by Crippen LogP contribution is 2.26. The van der Waals surface area contributed by atoms with Crippen LogP contribution in [-0.4, -0.2) is 43.6 Å². The van der Waals surface area contributed by atoms with E-state index in [0.717, 1.165) is 25.2 Å². The summed E-state index contributed by atoms with van der Waals surface area (Å²) in [6.07, 6.45) is 7.81. The maximum atomic E-state index is 12.4. The monoisotopic (exact) mass is 317 g/mol. The Morgan fingerprint density at radius 1 is 1.48 bits per heavy atom. The number of nitrogens with zero attached hydrogens (tertiary/aromatic N) is 5. The quantitative estimate of drug-likeness (QED) is 0.845. The summed E-state index contributed by atoms with van der Waals surface area (Å²) in [4.78, 5) is 22.8. The number of hydrogen-bond acceptors (Lipinski definition) is 5. The highest BCUT2D eigenvalue weighted by Gasteiger charge is 2.28. The first-order chi connectivity index (χ1) is 11.1. The Kier molecular flexibility index (Phi) is 4.73. The van der Waals surface area contributed by atoms with E-state index in [1.807, 2.05) is 29.5 Å². The van der Waals surface area contributed by atoms with Gasteiger partial charge in [0.2, 0.25) is 11.8 Å². The number of rotatable bonds is 5. The molecule has 0 bridgehead atoms. The predicted octanol–water partition coefficient (Wildman–Crippen LogP) is 2.19. The van der Waals surface area contributed by atoms with Crippen LogP contribution in [0.15, 0.2) is 23.2 Å². The van der Waals surface area contributed by atoms with Crippen LogP contribution in [0.4, 0.5) is 0 Å². The van der Waals surface area contributed by atoms with Gasteiger partial charge in [-0.3, -0.25) is 4.79 Å². The first-order valence-corrected chi connectivity index (χ1v) is 8.20. The van der Waals surface area contributed by atoms with Crippen molar-refractivity contribution in [1.29, 1.82) is 0 Å². The van der Waals surface area contributed by atoms with Crippen LogP contribution in [0, 0.1) is 0 Å². The average molecular weight is 317 g/mol. The molecule has 124 valence electrons. The summed E-state index contributed by atoms with van der Waals surface area (Å²) in [7, 11) is 0. The molecule has 3 heterocycles. The van der Waals surface area contributed by atoms with E-state index >= 15 is 0 Å². The molecule has 0 aromatic carbocycles. The Hall–Kier alpha value is -2.18. The van der Waals surface area contributed by atoms with E-state index in [4.69, 9.17) is 4.52 Å². The zero-order valence-corrected chi connectivity index (χ0v) is 13.7. The van der Waals surface area contributed by atoms with Crippen LogP contribution >= 0.6 is 0 Å². The van der Waals surface area contributed by atoms with Crippen LogP contribution in [0.3, 0.4) is 0 Å². The minimum Gasteiger partial charge on any atom is -0.342 e. The summed E-state index contributed by atoms with van der Waals surface area (Å²) >= 11 is 0. The fourth-order valence-electron chi connectivity index (χ4n) is 2.86. The Morgan fingerprint density at radius 2 is 2.35 bits per heavy atom. The molecule has 23 heavy (non-hydrogen) atoms. The topological polar surface area (TPSA) is 77.1 Å². The van der Waals surface area contributed by atoms with Gasteiger partial charge in [0.05, 0.1) is 6.33 Å². The van der Waals surface area contributed by atoms with Crippen molar-refractivity contribution in [2.45, 2.75) is 51.5 Å². The van der Waals surface area contributed by atoms with Gasteiger partial charge >= 0.3 is 0 Å². The number of carbonyl (C=O) groups excluding carboxylic acids is 1. The van der Waals surface area contributed by atoms with Crippen LogP contribution in [0.5, 0.6) is 0 Å². The summed E-state index contributed by atoms with van der Waals surface area (Å²) in [6, 6.07) is 0. The summed E-state index contributed by atoms with van der Waals surface area (Å²) in [6.45, 7) is 6.22. The molecule has 7 nitrogen and oxygen atoms in total. The number of aromatic nitrogens is 4. The first kappa shape index (κ1) is 15.7. The average Bonchev–Trinajstić information content (AvgIpc) is 3.24. The number of imidazole rings is 1. The third-order valence-corrected chi connectivity index (χ3v) is 4.23. The second-order valence-electron chi connectivity index (χ2n) is 6.37. The molecule has 0 radical (unpaired) electrons. The fourth-order valence-corrected chi connectivity index (χ4v) is 2.86. The zero-order chi connectivity index (χ0) is 16.2. The molecule has 1 aliphatic heterocycles. The van der Waals surface area contributed by atoms with Crippen molar-refractivity contribution in [1.82, 2.24) is 24.6 Å². The molecule has 1 aliphatic rings. The molecule has 0 unspecified atom stereocenters. The number of carbonyl (C=O) groups is 1. The highest BCUT2D eigenvalue weighted by atomic mass is 16.5. The van der Waals surface area contributed by atoms with Gasteiger partial charge in [-0.2, -0.15) is 4.98 Å². The Labute approximate surface area is 135 Å². The van der Waals surface area contributed by atoms with E-state index in [1.165, 1.54) is 0 Å². The lowest BCUT2D eigenvalue weighted by Gasteiger charge is -2.31. The third-order valence-electron chi connectivity index (χ3n) is 4.23. The minimum atomic E-state index is 0.177. The van der Waals surface area contributed by atoms with Crippen molar-refractivity contribution in [3.05, 3.63) is 30.4 Å². The summed E-state index contributed by atoms with van der Waals surface area (Å²) in [5.74, 6) is 1.99. The molecule has 2 aromatic heterocycles. The molecule has 0 saturated carbocycles. The lowest BCUT2D eigenvalue weighted by Crippen LogP contribution is -2.39.